The average molecular weight is 453 g/mol. The first-order chi connectivity index (χ1) is 13.9. The molecule has 0 bridgehead atoms. The maximum Gasteiger partial charge on any atom is 0.263 e. The smallest absolute Gasteiger partial charge is 0.263 e. The fourth-order valence-electron chi connectivity index (χ4n) is 3.21. The number of hydrogen-bond acceptors (Lipinski definition) is 6. The predicted octanol–water partition coefficient (Wildman–Crippen LogP) is 1.80. The van der Waals surface area contributed by atoms with E-state index in [1.807, 2.05) is 6.92 Å². The van der Waals surface area contributed by atoms with E-state index in [0.29, 0.717) is 17.0 Å². The van der Waals surface area contributed by atoms with Crippen molar-refractivity contribution >= 4 is 31.5 Å². The first-order valence-corrected chi connectivity index (χ1v) is 13.0. The molecule has 0 spiro atoms. The van der Waals surface area contributed by atoms with Crippen LogP contribution in [0.4, 0.5) is 5.69 Å². The zero-order valence-electron chi connectivity index (χ0n) is 17.1. The van der Waals surface area contributed by atoms with Crippen LogP contribution in [-0.2, 0) is 24.7 Å². The molecule has 1 heterocycles. The summed E-state index contributed by atoms with van der Waals surface area (Å²) < 4.78 is 54.7. The highest BCUT2D eigenvalue weighted by atomic mass is 32.2. The maximum absolute atomic E-state index is 12.8. The number of carbonyl (C=O) groups excluding carboxylic acids is 1. The van der Waals surface area contributed by atoms with Crippen molar-refractivity contribution in [3.05, 3.63) is 53.6 Å². The summed E-state index contributed by atoms with van der Waals surface area (Å²) in [6, 6.07) is 10.9. The van der Waals surface area contributed by atoms with Gasteiger partial charge in [0.1, 0.15) is 5.75 Å². The highest BCUT2D eigenvalue weighted by Crippen LogP contribution is 2.35. The van der Waals surface area contributed by atoms with Crippen molar-refractivity contribution in [2.75, 3.05) is 23.4 Å². The molecule has 1 aliphatic rings. The molecule has 0 saturated carbocycles. The van der Waals surface area contributed by atoms with Gasteiger partial charge in [0.15, 0.2) is 15.9 Å². The number of aryl methyl sites for hydroxylation is 1. The average Bonchev–Trinajstić information content (AvgIpc) is 2.65. The van der Waals surface area contributed by atoms with E-state index >= 15 is 0 Å². The molecule has 1 aliphatic heterocycles. The Kier molecular flexibility index (Phi) is 5.83. The lowest BCUT2D eigenvalue weighted by Gasteiger charge is -2.34. The summed E-state index contributed by atoms with van der Waals surface area (Å²) in [4.78, 5) is 13.0. The van der Waals surface area contributed by atoms with Crippen LogP contribution in [0.25, 0.3) is 0 Å². The van der Waals surface area contributed by atoms with E-state index in [2.05, 4.69) is 5.32 Å². The quantitative estimate of drug-likeness (QED) is 0.741. The summed E-state index contributed by atoms with van der Waals surface area (Å²) in [7, 11) is -6.91. The summed E-state index contributed by atoms with van der Waals surface area (Å²) >= 11 is 0. The van der Waals surface area contributed by atoms with Gasteiger partial charge in [0.05, 0.1) is 29.4 Å². The fraction of sp³-hybridized carbons (Fsp3) is 0.350. The van der Waals surface area contributed by atoms with E-state index in [0.717, 1.165) is 18.1 Å². The number of benzene rings is 2. The van der Waals surface area contributed by atoms with E-state index in [1.165, 1.54) is 16.4 Å². The highest BCUT2D eigenvalue weighted by molar-refractivity contribution is 7.92. The molecular formula is C20H24N2O6S2. The molecule has 0 unspecified atom stereocenters. The molecule has 8 nitrogen and oxygen atoms in total. The Bertz CT molecular complexity index is 1170. The molecule has 1 amide bonds. The maximum atomic E-state index is 12.8. The molecule has 30 heavy (non-hydrogen) atoms. The van der Waals surface area contributed by atoms with E-state index in [4.69, 9.17) is 4.74 Å². The van der Waals surface area contributed by atoms with E-state index < -0.39 is 37.9 Å². The van der Waals surface area contributed by atoms with Crippen molar-refractivity contribution in [1.82, 2.24) is 5.32 Å². The summed E-state index contributed by atoms with van der Waals surface area (Å²) in [6.07, 6.45) is 1.19. The molecular weight excluding hydrogens is 428 g/mol. The minimum atomic E-state index is -3.60. The Balaban J connectivity index is 1.80. The van der Waals surface area contributed by atoms with Gasteiger partial charge < -0.3 is 10.1 Å². The Labute approximate surface area is 176 Å². The third-order valence-corrected chi connectivity index (χ3v) is 7.12. The number of fused-ring (bicyclic) bond motifs is 1. The second kappa shape index (κ2) is 7.92. The molecule has 0 fully saturated rings. The number of sulfonamides is 1. The van der Waals surface area contributed by atoms with Crippen LogP contribution in [0, 0.1) is 6.92 Å². The van der Waals surface area contributed by atoms with Crippen LogP contribution in [-0.4, -0.2) is 47.9 Å². The molecule has 10 heteroatoms. The highest BCUT2D eigenvalue weighted by Gasteiger charge is 2.35. The van der Waals surface area contributed by atoms with Gasteiger partial charge in [-0.15, -0.1) is 0 Å². The number of amides is 1. The summed E-state index contributed by atoms with van der Waals surface area (Å²) in [5.41, 5.74) is 1.99. The van der Waals surface area contributed by atoms with Crippen molar-refractivity contribution < 1.29 is 26.4 Å². The molecule has 0 radical (unpaired) electrons. The number of hydrogen-bond donors (Lipinski definition) is 1. The Morgan fingerprint density at radius 1 is 1.10 bits per heavy atom. The first-order valence-electron chi connectivity index (χ1n) is 9.21. The van der Waals surface area contributed by atoms with Gasteiger partial charge in [0, 0.05) is 6.26 Å². The van der Waals surface area contributed by atoms with Gasteiger partial charge in [0.25, 0.3) is 5.91 Å². The van der Waals surface area contributed by atoms with E-state index in [-0.39, 0.29) is 11.4 Å². The topological polar surface area (TPSA) is 110 Å². The zero-order chi connectivity index (χ0) is 22.3. The number of nitrogens with zero attached hydrogens (tertiary/aromatic N) is 1. The van der Waals surface area contributed by atoms with Crippen LogP contribution in [0.15, 0.2) is 47.4 Å². The standard InChI is InChI=1S/C20H24N2O6S2/c1-13-5-10-17-18(11-13)28-19(12-22(17)30(4,26)27)20(23)21-14(2)15-6-8-16(9-7-15)29(3,24)25/h5-11,14,19H,12H2,1-4H3,(H,21,23)/t14-,19+/m1/s1. The third-order valence-electron chi connectivity index (χ3n) is 4.84. The number of nitrogens with one attached hydrogen (secondary N) is 1. The number of anilines is 1. The molecule has 1 N–H and O–H groups in total. The zero-order valence-corrected chi connectivity index (χ0v) is 18.7. The van der Waals surface area contributed by atoms with Gasteiger partial charge >= 0.3 is 0 Å². The lowest BCUT2D eigenvalue weighted by Crippen LogP contribution is -2.50. The number of rotatable bonds is 5. The summed E-state index contributed by atoms with van der Waals surface area (Å²) in [6.45, 7) is 3.46. The minimum Gasteiger partial charge on any atom is -0.476 e. The summed E-state index contributed by atoms with van der Waals surface area (Å²) in [5, 5.41) is 2.81. The Hall–Kier alpha value is -2.59. The molecule has 2 aromatic carbocycles. The van der Waals surface area contributed by atoms with Crippen LogP contribution in [0.5, 0.6) is 5.75 Å². The molecule has 2 aromatic rings. The van der Waals surface area contributed by atoms with Crippen molar-refractivity contribution in [1.29, 1.82) is 0 Å². The van der Waals surface area contributed by atoms with Gasteiger partial charge in [-0.1, -0.05) is 18.2 Å². The number of ether oxygens (including phenoxy) is 1. The molecule has 0 aromatic heterocycles. The van der Waals surface area contributed by atoms with Crippen LogP contribution in [0.1, 0.15) is 24.1 Å². The lowest BCUT2D eigenvalue weighted by molar-refractivity contribution is -0.128. The van der Waals surface area contributed by atoms with Crippen molar-refractivity contribution in [3.8, 4) is 5.75 Å². The van der Waals surface area contributed by atoms with Crippen molar-refractivity contribution in [2.24, 2.45) is 0 Å². The molecule has 3 rings (SSSR count). The Morgan fingerprint density at radius 2 is 1.73 bits per heavy atom. The monoisotopic (exact) mass is 452 g/mol. The minimum absolute atomic E-state index is 0.138. The Morgan fingerprint density at radius 3 is 2.30 bits per heavy atom. The first kappa shape index (κ1) is 22.1. The van der Waals surface area contributed by atoms with Crippen molar-refractivity contribution in [3.63, 3.8) is 0 Å². The van der Waals surface area contributed by atoms with Gasteiger partial charge in [0.2, 0.25) is 10.0 Å². The van der Waals surface area contributed by atoms with Gasteiger partial charge in [-0.05, 0) is 49.2 Å². The number of carbonyl (C=O) groups is 1. The normalized spacial score (nSPS) is 17.6. The number of sulfone groups is 1. The second-order valence-electron chi connectivity index (χ2n) is 7.44. The van der Waals surface area contributed by atoms with Crippen LogP contribution in [0.3, 0.4) is 0 Å². The molecule has 162 valence electrons. The van der Waals surface area contributed by atoms with Gasteiger partial charge in [-0.2, -0.15) is 0 Å². The second-order valence-corrected chi connectivity index (χ2v) is 11.4. The van der Waals surface area contributed by atoms with Gasteiger partial charge in [-0.3, -0.25) is 9.10 Å². The predicted molar refractivity (Wildman–Crippen MR) is 114 cm³/mol. The molecule has 2 atom stereocenters. The van der Waals surface area contributed by atoms with E-state index in [9.17, 15) is 21.6 Å². The third kappa shape index (κ3) is 4.76. The van der Waals surface area contributed by atoms with Crippen LogP contribution < -0.4 is 14.4 Å². The molecule has 0 aliphatic carbocycles. The lowest BCUT2D eigenvalue weighted by atomic mass is 10.1. The summed E-state index contributed by atoms with van der Waals surface area (Å²) in [5.74, 6) is -0.132. The fourth-order valence-corrected chi connectivity index (χ4v) is 4.75. The van der Waals surface area contributed by atoms with E-state index in [1.54, 1.807) is 37.3 Å². The largest absolute Gasteiger partial charge is 0.476 e. The van der Waals surface area contributed by atoms with Gasteiger partial charge in [-0.25, -0.2) is 16.8 Å². The van der Waals surface area contributed by atoms with Crippen LogP contribution >= 0.6 is 0 Å². The molecule has 0 saturated heterocycles. The van der Waals surface area contributed by atoms with Crippen molar-refractivity contribution in [2.45, 2.75) is 30.9 Å². The SMILES string of the molecule is Cc1ccc2c(c1)O[C@H](C(=O)N[C@H](C)c1ccc(S(C)(=O)=O)cc1)CN2S(C)(=O)=O. The van der Waals surface area contributed by atoms with Crippen LogP contribution in [0.2, 0.25) is 0 Å².